The van der Waals surface area contributed by atoms with Gasteiger partial charge in [-0.2, -0.15) is 0 Å². The van der Waals surface area contributed by atoms with Gasteiger partial charge in [0.2, 0.25) is 5.91 Å². The van der Waals surface area contributed by atoms with E-state index in [9.17, 15) is 9.59 Å². The molecule has 1 saturated heterocycles. The van der Waals surface area contributed by atoms with Crippen LogP contribution in [-0.2, 0) is 4.79 Å². The molecule has 1 aliphatic rings. The summed E-state index contributed by atoms with van der Waals surface area (Å²) in [6.45, 7) is 9.24. The van der Waals surface area contributed by atoms with Gasteiger partial charge in [0.1, 0.15) is 0 Å². The molecule has 138 valence electrons. The van der Waals surface area contributed by atoms with Crippen LogP contribution in [0.3, 0.4) is 0 Å². The summed E-state index contributed by atoms with van der Waals surface area (Å²) in [6, 6.07) is 5.37. The fourth-order valence-electron chi connectivity index (χ4n) is 2.74. The maximum Gasteiger partial charge on any atom is 0.253 e. The molecule has 0 aliphatic carbocycles. The molecule has 25 heavy (non-hydrogen) atoms. The van der Waals surface area contributed by atoms with Crippen molar-refractivity contribution < 1.29 is 9.59 Å². The van der Waals surface area contributed by atoms with Crippen molar-refractivity contribution in [3.8, 4) is 0 Å². The second-order valence-corrected chi connectivity index (χ2v) is 7.52. The topological polar surface area (TPSA) is 73.5 Å². The van der Waals surface area contributed by atoms with E-state index in [-0.39, 0.29) is 11.8 Å². The molecule has 1 aromatic carbocycles. The molecule has 6 heteroatoms. The van der Waals surface area contributed by atoms with E-state index in [2.05, 4.69) is 20.9 Å². The Bertz CT molecular complexity index is 616. The highest BCUT2D eigenvalue weighted by Crippen LogP contribution is 2.24. The number of hydrogen-bond donors (Lipinski definition) is 3. The van der Waals surface area contributed by atoms with Gasteiger partial charge in [0, 0.05) is 31.2 Å². The Morgan fingerprint density at radius 3 is 2.44 bits per heavy atom. The van der Waals surface area contributed by atoms with Crippen LogP contribution in [0.2, 0.25) is 0 Å². The Morgan fingerprint density at radius 1 is 1.16 bits per heavy atom. The Labute approximate surface area is 150 Å². The molecular weight excluding hydrogens is 316 g/mol. The Balaban J connectivity index is 2.06. The average molecular weight is 346 g/mol. The number of carbonyl (C=O) groups excluding carboxylic acids is 2. The summed E-state index contributed by atoms with van der Waals surface area (Å²) in [5, 5.41) is 8.89. The Morgan fingerprint density at radius 2 is 1.84 bits per heavy atom. The van der Waals surface area contributed by atoms with Gasteiger partial charge in [-0.15, -0.1) is 0 Å². The minimum Gasteiger partial charge on any atom is -0.388 e. The molecule has 2 rings (SSSR count). The molecule has 2 amide bonds. The van der Waals surface area contributed by atoms with E-state index in [4.69, 9.17) is 0 Å². The van der Waals surface area contributed by atoms with Crippen molar-refractivity contribution in [2.24, 2.45) is 5.41 Å². The van der Waals surface area contributed by atoms with E-state index in [1.807, 2.05) is 26.8 Å². The summed E-state index contributed by atoms with van der Waals surface area (Å²) < 4.78 is 0. The zero-order valence-corrected chi connectivity index (χ0v) is 15.7. The summed E-state index contributed by atoms with van der Waals surface area (Å²) in [6.07, 6.45) is 2.48. The SMILES string of the molecule is CNc1ccc(C(=O)NCCN2CCCC2)c(NC(=O)C(C)(C)C)c1. The third-order valence-electron chi connectivity index (χ3n) is 4.39. The number of nitrogens with one attached hydrogen (secondary N) is 3. The molecule has 0 radical (unpaired) electrons. The molecule has 1 aromatic rings. The number of rotatable bonds is 6. The van der Waals surface area contributed by atoms with Crippen LogP contribution in [0, 0.1) is 5.41 Å². The highest BCUT2D eigenvalue weighted by atomic mass is 16.2. The first-order valence-corrected chi connectivity index (χ1v) is 8.95. The highest BCUT2D eigenvalue weighted by molar-refractivity contribution is 6.05. The number of carbonyl (C=O) groups is 2. The van der Waals surface area contributed by atoms with Crippen LogP contribution in [0.5, 0.6) is 0 Å². The van der Waals surface area contributed by atoms with Gasteiger partial charge in [-0.05, 0) is 44.1 Å². The van der Waals surface area contributed by atoms with Gasteiger partial charge in [0.15, 0.2) is 0 Å². The molecule has 1 aliphatic heterocycles. The summed E-state index contributed by atoms with van der Waals surface area (Å²) in [4.78, 5) is 27.2. The van der Waals surface area contributed by atoms with Crippen LogP contribution < -0.4 is 16.0 Å². The molecule has 0 aromatic heterocycles. The molecule has 0 unspecified atom stereocenters. The van der Waals surface area contributed by atoms with Gasteiger partial charge in [-0.1, -0.05) is 20.8 Å². The van der Waals surface area contributed by atoms with Crippen LogP contribution in [0.1, 0.15) is 44.0 Å². The summed E-state index contributed by atoms with van der Waals surface area (Å²) in [7, 11) is 1.81. The minimum absolute atomic E-state index is 0.119. The lowest BCUT2D eigenvalue weighted by Crippen LogP contribution is -2.34. The van der Waals surface area contributed by atoms with Crippen molar-refractivity contribution in [3.63, 3.8) is 0 Å². The van der Waals surface area contributed by atoms with Gasteiger partial charge in [0.05, 0.1) is 11.3 Å². The predicted octanol–water partition coefficient (Wildman–Crippen LogP) is 2.54. The molecular formula is C19H30N4O2. The molecule has 1 fully saturated rings. The van der Waals surface area contributed by atoms with Crippen LogP contribution >= 0.6 is 0 Å². The second-order valence-electron chi connectivity index (χ2n) is 7.52. The molecule has 0 saturated carbocycles. The quantitative estimate of drug-likeness (QED) is 0.740. The lowest BCUT2D eigenvalue weighted by Gasteiger charge is -2.20. The van der Waals surface area contributed by atoms with Gasteiger partial charge in [-0.25, -0.2) is 0 Å². The van der Waals surface area contributed by atoms with Crippen molar-refractivity contribution in [3.05, 3.63) is 23.8 Å². The molecule has 0 bridgehead atoms. The summed E-state index contributed by atoms with van der Waals surface area (Å²) in [5.74, 6) is -0.280. The maximum atomic E-state index is 12.6. The van der Waals surface area contributed by atoms with E-state index in [0.717, 1.165) is 25.3 Å². The maximum absolute atomic E-state index is 12.6. The van der Waals surface area contributed by atoms with Crippen molar-refractivity contribution in [2.45, 2.75) is 33.6 Å². The number of likely N-dealkylation sites (tertiary alicyclic amines) is 1. The number of nitrogens with zero attached hydrogens (tertiary/aromatic N) is 1. The zero-order chi connectivity index (χ0) is 18.4. The van der Waals surface area contributed by atoms with Crippen molar-refractivity contribution >= 4 is 23.2 Å². The molecule has 0 atom stereocenters. The van der Waals surface area contributed by atoms with Gasteiger partial charge in [-0.3, -0.25) is 9.59 Å². The van der Waals surface area contributed by atoms with Crippen molar-refractivity contribution in [1.29, 1.82) is 0 Å². The van der Waals surface area contributed by atoms with Crippen LogP contribution in [0.25, 0.3) is 0 Å². The molecule has 1 heterocycles. The van der Waals surface area contributed by atoms with Crippen molar-refractivity contribution in [2.75, 3.05) is 43.9 Å². The van der Waals surface area contributed by atoms with Crippen molar-refractivity contribution in [1.82, 2.24) is 10.2 Å². The Kier molecular flexibility index (Phi) is 6.42. The standard InChI is InChI=1S/C19H30N4O2/c1-19(2,3)18(25)22-16-13-14(20-4)7-8-15(16)17(24)21-9-12-23-10-5-6-11-23/h7-8,13,20H,5-6,9-12H2,1-4H3,(H,21,24)(H,22,25). The van der Waals surface area contributed by atoms with Crippen LogP contribution in [0.15, 0.2) is 18.2 Å². The first-order chi connectivity index (χ1) is 11.8. The molecule has 0 spiro atoms. The van der Waals surface area contributed by atoms with Crippen LogP contribution in [0.4, 0.5) is 11.4 Å². The second kappa shape index (κ2) is 8.34. The third kappa shape index (κ3) is 5.46. The summed E-state index contributed by atoms with van der Waals surface area (Å²) >= 11 is 0. The first kappa shape index (κ1) is 19.2. The van der Waals surface area contributed by atoms with E-state index in [0.29, 0.717) is 17.8 Å². The number of hydrogen-bond acceptors (Lipinski definition) is 4. The normalized spacial score (nSPS) is 15.0. The number of anilines is 2. The Hall–Kier alpha value is -2.08. The smallest absolute Gasteiger partial charge is 0.253 e. The van der Waals surface area contributed by atoms with Gasteiger partial charge in [0.25, 0.3) is 5.91 Å². The molecule has 6 nitrogen and oxygen atoms in total. The highest BCUT2D eigenvalue weighted by Gasteiger charge is 2.23. The fourth-order valence-corrected chi connectivity index (χ4v) is 2.74. The van der Waals surface area contributed by atoms with E-state index in [1.165, 1.54) is 12.8 Å². The van der Waals surface area contributed by atoms with E-state index >= 15 is 0 Å². The number of amides is 2. The largest absolute Gasteiger partial charge is 0.388 e. The van der Waals surface area contributed by atoms with E-state index < -0.39 is 5.41 Å². The third-order valence-corrected chi connectivity index (χ3v) is 4.39. The predicted molar refractivity (Wildman–Crippen MR) is 102 cm³/mol. The number of benzene rings is 1. The first-order valence-electron chi connectivity index (χ1n) is 8.95. The minimum atomic E-state index is -0.529. The van der Waals surface area contributed by atoms with Gasteiger partial charge < -0.3 is 20.9 Å². The van der Waals surface area contributed by atoms with E-state index in [1.54, 1.807) is 19.2 Å². The van der Waals surface area contributed by atoms with Gasteiger partial charge >= 0.3 is 0 Å². The molecule has 3 N–H and O–H groups in total. The average Bonchev–Trinajstić information content (AvgIpc) is 3.07. The van der Waals surface area contributed by atoms with Crippen LogP contribution in [-0.4, -0.2) is 49.9 Å². The zero-order valence-electron chi connectivity index (χ0n) is 15.7. The lowest BCUT2D eigenvalue weighted by molar-refractivity contribution is -0.123. The fraction of sp³-hybridized carbons (Fsp3) is 0.579. The summed E-state index contributed by atoms with van der Waals surface area (Å²) in [5.41, 5.74) is 1.33. The monoisotopic (exact) mass is 346 g/mol. The lowest BCUT2D eigenvalue weighted by atomic mass is 9.95.